The summed E-state index contributed by atoms with van der Waals surface area (Å²) in [5.41, 5.74) is -1.32. The van der Waals surface area contributed by atoms with Crippen molar-refractivity contribution in [2.75, 3.05) is 18.1 Å². The molecule has 1 aliphatic carbocycles. The van der Waals surface area contributed by atoms with Gasteiger partial charge in [-0.3, -0.25) is 9.48 Å². The third-order valence-corrected chi connectivity index (χ3v) is 10.0. The van der Waals surface area contributed by atoms with E-state index < -0.39 is 27.5 Å². The van der Waals surface area contributed by atoms with Gasteiger partial charge in [0.05, 0.1) is 29.0 Å². The third-order valence-electron chi connectivity index (χ3n) is 8.46. The molecule has 2 fully saturated rings. The number of hydrogen-bond acceptors (Lipinski definition) is 8. The van der Waals surface area contributed by atoms with E-state index in [-0.39, 0.29) is 65.2 Å². The molecule has 11 nitrogen and oxygen atoms in total. The highest BCUT2D eigenvalue weighted by atomic mass is 32.2. The Hall–Kier alpha value is -3.62. The molecule has 1 saturated heterocycles. The molecule has 0 unspecified atom stereocenters. The minimum atomic E-state index is -4.25. The predicted octanol–water partition coefficient (Wildman–Crippen LogP) is 4.47. The van der Waals surface area contributed by atoms with E-state index in [1.54, 1.807) is 27.1 Å². The number of ether oxygens (including phenoxy) is 1. The number of alkyl halides is 3. The van der Waals surface area contributed by atoms with Crippen LogP contribution in [0.4, 0.5) is 19.0 Å². The van der Waals surface area contributed by atoms with Crippen LogP contribution in [0.5, 0.6) is 5.88 Å². The molecule has 5 rings (SSSR count). The number of sulfonamides is 1. The first-order valence-electron chi connectivity index (χ1n) is 14.1. The van der Waals surface area contributed by atoms with Crippen LogP contribution < -0.4 is 14.4 Å². The molecule has 15 heteroatoms. The number of anilines is 1. The maximum atomic E-state index is 13.6. The Morgan fingerprint density at radius 3 is 2.42 bits per heavy atom. The summed E-state index contributed by atoms with van der Waals surface area (Å²) in [6, 6.07) is 4.55. The highest BCUT2D eigenvalue weighted by Gasteiger charge is 2.62. The minimum absolute atomic E-state index is 0.0588. The molecule has 1 saturated carbocycles. The van der Waals surface area contributed by atoms with Crippen molar-refractivity contribution >= 4 is 21.7 Å². The van der Waals surface area contributed by atoms with E-state index >= 15 is 0 Å². The van der Waals surface area contributed by atoms with E-state index in [9.17, 15) is 26.4 Å². The number of amides is 1. The lowest BCUT2D eigenvalue weighted by atomic mass is 9.97. The van der Waals surface area contributed by atoms with Crippen molar-refractivity contribution in [2.45, 2.75) is 76.9 Å². The smallest absolute Gasteiger partial charge is 0.394 e. The molecule has 43 heavy (non-hydrogen) atoms. The number of nitrogens with zero attached hydrogens (tertiary/aromatic N) is 6. The lowest BCUT2D eigenvalue weighted by Gasteiger charge is -2.34. The minimum Gasteiger partial charge on any atom is -0.477 e. The van der Waals surface area contributed by atoms with Crippen LogP contribution in [0.15, 0.2) is 29.3 Å². The second-order valence-corrected chi connectivity index (χ2v) is 13.9. The van der Waals surface area contributed by atoms with Crippen LogP contribution in [0.25, 0.3) is 5.82 Å². The average Bonchev–Trinajstić information content (AvgIpc) is 3.34. The van der Waals surface area contributed by atoms with Gasteiger partial charge in [-0.25, -0.2) is 22.8 Å². The van der Waals surface area contributed by atoms with Gasteiger partial charge in [-0.1, -0.05) is 6.92 Å². The van der Waals surface area contributed by atoms with Gasteiger partial charge in [0.15, 0.2) is 5.82 Å². The molecule has 1 atom stereocenters. The van der Waals surface area contributed by atoms with E-state index in [1.807, 2.05) is 18.7 Å². The molecule has 0 bridgehead atoms. The van der Waals surface area contributed by atoms with Crippen LogP contribution in [0, 0.1) is 25.2 Å². The Morgan fingerprint density at radius 1 is 1.16 bits per heavy atom. The van der Waals surface area contributed by atoms with Crippen LogP contribution in [0.1, 0.15) is 68.2 Å². The molecule has 0 aromatic carbocycles. The molecule has 0 spiro atoms. The first kappa shape index (κ1) is 30.8. The van der Waals surface area contributed by atoms with Crippen molar-refractivity contribution < 1.29 is 31.1 Å². The van der Waals surface area contributed by atoms with Gasteiger partial charge < -0.3 is 9.64 Å². The van der Waals surface area contributed by atoms with Gasteiger partial charge >= 0.3 is 6.18 Å². The number of aromatic nitrogens is 5. The molecule has 2 aliphatic rings. The van der Waals surface area contributed by atoms with Gasteiger partial charge in [-0.2, -0.15) is 18.3 Å². The van der Waals surface area contributed by atoms with Crippen molar-refractivity contribution in [1.29, 1.82) is 0 Å². The van der Waals surface area contributed by atoms with Crippen molar-refractivity contribution in [3.05, 3.63) is 41.3 Å². The molecule has 4 heterocycles. The quantitative estimate of drug-likeness (QED) is 0.370. The van der Waals surface area contributed by atoms with Gasteiger partial charge in [0.1, 0.15) is 10.7 Å². The third kappa shape index (κ3) is 5.83. The Bertz CT molecular complexity index is 1660. The zero-order chi connectivity index (χ0) is 31.5. The second-order valence-electron chi connectivity index (χ2n) is 12.3. The van der Waals surface area contributed by atoms with E-state index in [2.05, 4.69) is 21.8 Å². The number of carbonyl (C=O) groups is 1. The normalized spacial score (nSPS) is 19.5. The number of aryl methyl sites for hydroxylation is 2. The molecule has 234 valence electrons. The number of halogens is 3. The van der Waals surface area contributed by atoms with E-state index in [1.165, 1.54) is 27.6 Å². The van der Waals surface area contributed by atoms with Gasteiger partial charge in [0, 0.05) is 31.4 Å². The number of rotatable bonds is 9. The molecule has 1 aliphatic heterocycles. The van der Waals surface area contributed by atoms with E-state index in [4.69, 9.17) is 9.72 Å². The summed E-state index contributed by atoms with van der Waals surface area (Å²) in [4.78, 5) is 20.2. The van der Waals surface area contributed by atoms with Crippen molar-refractivity contribution in [3.8, 4) is 11.7 Å². The first-order valence-corrected chi connectivity index (χ1v) is 15.5. The van der Waals surface area contributed by atoms with E-state index in [0.717, 1.165) is 6.42 Å². The van der Waals surface area contributed by atoms with Crippen molar-refractivity contribution in [3.63, 3.8) is 0 Å². The maximum Gasteiger partial charge on any atom is 0.394 e. The van der Waals surface area contributed by atoms with Crippen LogP contribution in [-0.2, 0) is 17.1 Å². The fourth-order valence-corrected chi connectivity index (χ4v) is 7.38. The summed E-state index contributed by atoms with van der Waals surface area (Å²) >= 11 is 0. The lowest BCUT2D eigenvalue weighted by Crippen LogP contribution is -2.41. The average molecular weight is 624 g/mol. The monoisotopic (exact) mass is 623 g/mol. The molecule has 0 radical (unpaired) electrons. The standard InChI is InChI=1S/C28H36F3N7O4S/c1-17-15-26(4,5)37(16-17)24-20(25(39)35-43(40,41)23-18(2)33-36(6)19(23)3)7-8-21(32-24)38-13-9-22(34-38)42-14-12-27(10-11-27)28(29,30)31/h7-9,13,17H,10-12,14-16H2,1-6H3,(H,35,39)/t17-/m0/s1. The summed E-state index contributed by atoms with van der Waals surface area (Å²) in [5, 5.41) is 8.48. The summed E-state index contributed by atoms with van der Waals surface area (Å²) in [7, 11) is -2.62. The van der Waals surface area contributed by atoms with Crippen molar-refractivity contribution in [1.82, 2.24) is 29.3 Å². The van der Waals surface area contributed by atoms with Gasteiger partial charge in [0.25, 0.3) is 15.9 Å². The van der Waals surface area contributed by atoms with Crippen LogP contribution in [0.3, 0.4) is 0 Å². The molecular formula is C28H36F3N7O4S. The molecule has 1 amide bonds. The summed E-state index contributed by atoms with van der Waals surface area (Å²) in [5.74, 6) is 0.212. The number of carbonyl (C=O) groups excluding carboxylic acids is 1. The van der Waals surface area contributed by atoms with Crippen LogP contribution in [0.2, 0.25) is 0 Å². The molecular weight excluding hydrogens is 587 g/mol. The lowest BCUT2D eigenvalue weighted by molar-refractivity contribution is -0.190. The van der Waals surface area contributed by atoms with Gasteiger partial charge in [-0.15, -0.1) is 5.10 Å². The first-order chi connectivity index (χ1) is 19.9. The molecule has 3 aromatic rings. The zero-order valence-electron chi connectivity index (χ0n) is 25.0. The fraction of sp³-hybridized carbons (Fsp3) is 0.571. The highest BCUT2D eigenvalue weighted by Crippen LogP contribution is 2.59. The Labute approximate surface area is 248 Å². The maximum absolute atomic E-state index is 13.6. The SMILES string of the molecule is Cc1nn(C)c(C)c1S(=O)(=O)NC(=O)c1ccc(-n2ccc(OCCC3(C(F)(F)F)CC3)n2)nc1N1C[C@@H](C)CC1(C)C. The number of nitrogens with one attached hydrogen (secondary N) is 1. The van der Waals surface area contributed by atoms with Crippen molar-refractivity contribution in [2.24, 2.45) is 18.4 Å². The number of hydrogen-bond donors (Lipinski definition) is 1. The topological polar surface area (TPSA) is 124 Å². The highest BCUT2D eigenvalue weighted by molar-refractivity contribution is 7.90. The summed E-state index contributed by atoms with van der Waals surface area (Å²) in [6.07, 6.45) is -1.79. The van der Waals surface area contributed by atoms with Gasteiger partial charge in [0.2, 0.25) is 5.88 Å². The van der Waals surface area contributed by atoms with E-state index in [0.29, 0.717) is 18.1 Å². The second kappa shape index (κ2) is 10.5. The summed E-state index contributed by atoms with van der Waals surface area (Å²) < 4.78 is 76.8. The molecule has 3 aromatic heterocycles. The van der Waals surface area contributed by atoms with Gasteiger partial charge in [-0.05, 0) is 71.4 Å². The largest absolute Gasteiger partial charge is 0.477 e. The molecule has 1 N–H and O–H groups in total. The Kier molecular flexibility index (Phi) is 7.55. The Balaban J connectivity index is 1.42. The zero-order valence-corrected chi connectivity index (χ0v) is 25.8. The predicted molar refractivity (Wildman–Crippen MR) is 152 cm³/mol. The summed E-state index contributed by atoms with van der Waals surface area (Å²) in [6.45, 7) is 9.77. The van der Waals surface area contributed by atoms with Crippen LogP contribution >= 0.6 is 0 Å². The number of pyridine rings is 1. The Morgan fingerprint density at radius 2 is 1.86 bits per heavy atom. The fourth-order valence-electron chi connectivity index (χ4n) is 5.97. The van der Waals surface area contributed by atoms with Crippen LogP contribution in [-0.4, -0.2) is 63.7 Å².